The van der Waals surface area contributed by atoms with Gasteiger partial charge in [-0.2, -0.15) is 9.78 Å². The number of methoxy groups -OCH3 is 1. The van der Waals surface area contributed by atoms with E-state index in [-0.39, 0.29) is 13.2 Å². The summed E-state index contributed by atoms with van der Waals surface area (Å²) in [6.07, 6.45) is 0.120. The van der Waals surface area contributed by atoms with Crippen LogP contribution in [0.3, 0.4) is 0 Å². The van der Waals surface area contributed by atoms with E-state index in [2.05, 4.69) is 5.10 Å². The Kier molecular flexibility index (Phi) is 4.66. The zero-order valence-corrected chi connectivity index (χ0v) is 11.9. The van der Waals surface area contributed by atoms with Gasteiger partial charge in [0.1, 0.15) is 6.20 Å². The lowest BCUT2D eigenvalue weighted by Gasteiger charge is -2.12. The number of aromatic nitrogens is 3. The van der Waals surface area contributed by atoms with Gasteiger partial charge in [0.25, 0.3) is 5.56 Å². The largest absolute Gasteiger partial charge is 0.389 e. The minimum Gasteiger partial charge on any atom is -0.389 e. The quantitative estimate of drug-likeness (QED) is 0.818. The molecule has 0 aliphatic rings. The number of aliphatic hydroxyl groups is 1. The average molecular weight is 291 g/mol. The molecule has 21 heavy (non-hydrogen) atoms. The molecule has 0 spiro atoms. The minimum atomic E-state index is -0.936. The zero-order chi connectivity index (χ0) is 15.4. The number of nitrogens with zero attached hydrogens (tertiary/aromatic N) is 3. The third kappa shape index (κ3) is 3.45. The molecule has 7 nitrogen and oxygen atoms in total. The van der Waals surface area contributed by atoms with E-state index in [1.807, 2.05) is 19.1 Å². The topological polar surface area (TPSA) is 86.3 Å². The highest BCUT2D eigenvalue weighted by molar-refractivity contribution is 5.32. The Morgan fingerprint density at radius 2 is 1.95 bits per heavy atom. The maximum Gasteiger partial charge on any atom is 0.352 e. The van der Waals surface area contributed by atoms with Gasteiger partial charge >= 0.3 is 5.69 Å². The molecule has 0 fully saturated rings. The normalized spacial score (nSPS) is 12.3. The predicted octanol–water partition coefficient (Wildman–Crippen LogP) is -0.290. The van der Waals surface area contributed by atoms with Crippen molar-refractivity contribution >= 4 is 0 Å². The lowest BCUT2D eigenvalue weighted by Crippen LogP contribution is -2.43. The Morgan fingerprint density at radius 1 is 1.29 bits per heavy atom. The number of rotatable bonds is 5. The molecule has 0 aliphatic carbocycles. The fourth-order valence-electron chi connectivity index (χ4n) is 1.92. The van der Waals surface area contributed by atoms with Crippen molar-refractivity contribution in [2.75, 3.05) is 13.7 Å². The van der Waals surface area contributed by atoms with E-state index in [9.17, 15) is 14.7 Å². The fourth-order valence-corrected chi connectivity index (χ4v) is 1.92. The highest BCUT2D eigenvalue weighted by Gasteiger charge is 2.12. The second-order valence-electron chi connectivity index (χ2n) is 4.73. The standard InChI is InChI=1S/C14H17N3O4/c1-10-3-5-11(6-4-10)17-14(20)16(13(19)7-15-17)8-12(18)9-21-2/h3-7,12,18H,8-9H2,1-2H3/t12-/m1/s1. The molecule has 0 amide bonds. The van der Waals surface area contributed by atoms with E-state index in [1.54, 1.807) is 12.1 Å². The van der Waals surface area contributed by atoms with Gasteiger partial charge < -0.3 is 9.84 Å². The Labute approximate surface area is 121 Å². The van der Waals surface area contributed by atoms with Gasteiger partial charge in [-0.3, -0.25) is 9.36 Å². The van der Waals surface area contributed by atoms with E-state index in [1.165, 1.54) is 7.11 Å². The summed E-state index contributed by atoms with van der Waals surface area (Å²) in [5, 5.41) is 13.5. The maximum atomic E-state index is 12.3. The minimum absolute atomic E-state index is 0.0404. The van der Waals surface area contributed by atoms with Crippen molar-refractivity contribution in [3.63, 3.8) is 0 Å². The molecule has 1 N–H and O–H groups in total. The van der Waals surface area contributed by atoms with Crippen LogP contribution in [-0.2, 0) is 11.3 Å². The Bertz CT molecular complexity index is 718. The van der Waals surface area contributed by atoms with Gasteiger partial charge in [-0.1, -0.05) is 17.7 Å². The molecule has 0 aliphatic heterocycles. The molecule has 7 heteroatoms. The molecule has 0 bridgehead atoms. The van der Waals surface area contributed by atoms with Crippen LogP contribution >= 0.6 is 0 Å². The summed E-state index contributed by atoms with van der Waals surface area (Å²) >= 11 is 0. The second kappa shape index (κ2) is 6.47. The molecular weight excluding hydrogens is 274 g/mol. The van der Waals surface area contributed by atoms with Crippen LogP contribution in [-0.4, -0.2) is 39.3 Å². The van der Waals surface area contributed by atoms with E-state index < -0.39 is 17.4 Å². The molecule has 1 heterocycles. The van der Waals surface area contributed by atoms with Gasteiger partial charge in [-0.25, -0.2) is 4.79 Å². The summed E-state index contributed by atoms with van der Waals surface area (Å²) in [5.74, 6) is 0. The highest BCUT2D eigenvalue weighted by atomic mass is 16.5. The molecule has 2 aromatic rings. The average Bonchev–Trinajstić information content (AvgIpc) is 2.45. The van der Waals surface area contributed by atoms with Gasteiger partial charge in [0.2, 0.25) is 0 Å². The third-order valence-corrected chi connectivity index (χ3v) is 2.99. The number of benzene rings is 1. The maximum absolute atomic E-state index is 12.3. The Morgan fingerprint density at radius 3 is 2.57 bits per heavy atom. The molecule has 0 saturated heterocycles. The van der Waals surface area contributed by atoms with Crippen molar-refractivity contribution in [3.8, 4) is 5.69 Å². The molecule has 1 atom stereocenters. The number of hydrogen-bond acceptors (Lipinski definition) is 5. The fraction of sp³-hybridized carbons (Fsp3) is 0.357. The van der Waals surface area contributed by atoms with Crippen molar-refractivity contribution in [2.24, 2.45) is 0 Å². The van der Waals surface area contributed by atoms with Crippen LogP contribution < -0.4 is 11.2 Å². The van der Waals surface area contributed by atoms with Gasteiger partial charge in [0, 0.05) is 7.11 Å². The molecule has 1 aromatic carbocycles. The molecule has 2 rings (SSSR count). The summed E-state index contributed by atoms with van der Waals surface area (Å²) in [4.78, 5) is 24.1. The van der Waals surface area contributed by atoms with Crippen molar-refractivity contribution in [3.05, 3.63) is 56.9 Å². The van der Waals surface area contributed by atoms with E-state index in [4.69, 9.17) is 4.74 Å². The van der Waals surface area contributed by atoms with Crippen LogP contribution in [0.4, 0.5) is 0 Å². The first-order chi connectivity index (χ1) is 10.0. The first kappa shape index (κ1) is 15.1. The van der Waals surface area contributed by atoms with Crippen molar-refractivity contribution < 1.29 is 9.84 Å². The van der Waals surface area contributed by atoms with Crippen LogP contribution in [0.15, 0.2) is 40.1 Å². The van der Waals surface area contributed by atoms with E-state index in [0.717, 1.165) is 21.0 Å². The molecule has 0 radical (unpaired) electrons. The van der Waals surface area contributed by atoms with Crippen LogP contribution in [0.25, 0.3) is 5.69 Å². The smallest absolute Gasteiger partial charge is 0.352 e. The summed E-state index contributed by atoms with van der Waals surface area (Å²) in [5.41, 5.74) is 0.455. The number of aliphatic hydroxyl groups excluding tert-OH is 1. The number of ether oxygens (including phenoxy) is 1. The van der Waals surface area contributed by atoms with Crippen LogP contribution in [0, 0.1) is 6.92 Å². The number of hydrogen-bond donors (Lipinski definition) is 1. The lowest BCUT2D eigenvalue weighted by atomic mass is 10.2. The monoisotopic (exact) mass is 291 g/mol. The molecule has 112 valence electrons. The molecule has 1 aromatic heterocycles. The summed E-state index contributed by atoms with van der Waals surface area (Å²) in [7, 11) is 1.43. The lowest BCUT2D eigenvalue weighted by molar-refractivity contribution is 0.0519. The van der Waals surface area contributed by atoms with Crippen molar-refractivity contribution in [2.45, 2.75) is 19.6 Å². The SMILES string of the molecule is COC[C@H](O)Cn1c(=O)cnn(-c2ccc(C)cc2)c1=O. The Hall–Kier alpha value is -2.25. The Balaban J connectivity index is 2.44. The van der Waals surface area contributed by atoms with Crippen LogP contribution in [0.2, 0.25) is 0 Å². The van der Waals surface area contributed by atoms with E-state index >= 15 is 0 Å². The first-order valence-corrected chi connectivity index (χ1v) is 6.46. The summed E-state index contributed by atoms with van der Waals surface area (Å²) in [6.45, 7) is 1.83. The second-order valence-corrected chi connectivity index (χ2v) is 4.73. The van der Waals surface area contributed by atoms with Gasteiger partial charge in [0.05, 0.1) is 24.9 Å². The molecule has 0 unspecified atom stereocenters. The first-order valence-electron chi connectivity index (χ1n) is 6.46. The van der Waals surface area contributed by atoms with Crippen LogP contribution in [0.1, 0.15) is 5.56 Å². The van der Waals surface area contributed by atoms with Gasteiger partial charge in [0.15, 0.2) is 0 Å². The molecule has 0 saturated carbocycles. The molecular formula is C14H17N3O4. The summed E-state index contributed by atoms with van der Waals surface area (Å²) in [6, 6.07) is 7.17. The van der Waals surface area contributed by atoms with Gasteiger partial charge in [-0.15, -0.1) is 0 Å². The van der Waals surface area contributed by atoms with Crippen molar-refractivity contribution in [1.82, 2.24) is 14.3 Å². The van der Waals surface area contributed by atoms with Crippen LogP contribution in [0.5, 0.6) is 0 Å². The third-order valence-electron chi connectivity index (χ3n) is 2.99. The van der Waals surface area contributed by atoms with Gasteiger partial charge in [-0.05, 0) is 19.1 Å². The number of aryl methyl sites for hydroxylation is 1. The summed E-state index contributed by atoms with van der Waals surface area (Å²) < 4.78 is 6.86. The predicted molar refractivity (Wildman–Crippen MR) is 76.7 cm³/mol. The van der Waals surface area contributed by atoms with Crippen molar-refractivity contribution in [1.29, 1.82) is 0 Å². The van der Waals surface area contributed by atoms with E-state index in [0.29, 0.717) is 5.69 Å². The highest BCUT2D eigenvalue weighted by Crippen LogP contribution is 2.04. The zero-order valence-electron chi connectivity index (χ0n) is 11.9.